The smallest absolute Gasteiger partial charge is 0.310 e. The first-order valence-electron chi connectivity index (χ1n) is 8.11. The molecule has 0 aliphatic rings. The molecular weight excluding hydrogens is 370 g/mol. The maximum atomic E-state index is 12.4. The van der Waals surface area contributed by atoms with Gasteiger partial charge in [-0.3, -0.25) is 19.7 Å². The number of hydrogen-bond donors (Lipinski definition) is 0. The summed E-state index contributed by atoms with van der Waals surface area (Å²) in [5, 5.41) is 10.6. The maximum Gasteiger partial charge on any atom is 0.310 e. The lowest BCUT2D eigenvalue weighted by Gasteiger charge is -2.13. The summed E-state index contributed by atoms with van der Waals surface area (Å²) in [6.45, 7) is -0.468. The van der Waals surface area contributed by atoms with E-state index in [-0.39, 0.29) is 17.7 Å². The molecule has 9 nitrogen and oxygen atoms in total. The Balaban J connectivity index is 2.01. The molecule has 0 atom stereocenters. The van der Waals surface area contributed by atoms with E-state index < -0.39 is 23.3 Å². The Labute approximate surface area is 160 Å². The number of esters is 1. The minimum atomic E-state index is -0.630. The quantitative estimate of drug-likeness (QED) is 0.278. The standard InChI is InChI=1S/C19H19NO8/c1-25-16-9-13(10-17(26-2)19(16)27-3)15(21)11-28-18(22)8-12-4-6-14(7-5-12)20(23)24/h4-7,9-10H,8,11H2,1-3H3. The third kappa shape index (κ3) is 4.97. The Kier molecular flexibility index (Phi) is 6.91. The Hall–Kier alpha value is -3.62. The second kappa shape index (κ2) is 9.36. The van der Waals surface area contributed by atoms with Crippen LogP contribution in [-0.4, -0.2) is 44.6 Å². The van der Waals surface area contributed by atoms with Gasteiger partial charge in [-0.2, -0.15) is 0 Å². The van der Waals surface area contributed by atoms with Gasteiger partial charge in [0.1, 0.15) is 0 Å². The van der Waals surface area contributed by atoms with Crippen molar-refractivity contribution >= 4 is 17.4 Å². The van der Waals surface area contributed by atoms with Crippen molar-refractivity contribution in [2.24, 2.45) is 0 Å². The Bertz CT molecular complexity index is 851. The second-order valence-electron chi connectivity index (χ2n) is 5.60. The molecule has 2 rings (SSSR count). The van der Waals surface area contributed by atoms with Crippen molar-refractivity contribution in [1.82, 2.24) is 0 Å². The molecule has 0 bridgehead atoms. The van der Waals surface area contributed by atoms with E-state index in [0.717, 1.165) is 0 Å². The van der Waals surface area contributed by atoms with E-state index in [1.165, 1.54) is 57.7 Å². The van der Waals surface area contributed by atoms with Crippen molar-refractivity contribution in [2.45, 2.75) is 6.42 Å². The zero-order valence-corrected chi connectivity index (χ0v) is 15.6. The van der Waals surface area contributed by atoms with Gasteiger partial charge < -0.3 is 18.9 Å². The number of nitro benzene ring substituents is 1. The van der Waals surface area contributed by atoms with E-state index >= 15 is 0 Å². The van der Waals surface area contributed by atoms with Crippen LogP contribution in [-0.2, 0) is 16.0 Å². The van der Waals surface area contributed by atoms with Gasteiger partial charge in [-0.15, -0.1) is 0 Å². The highest BCUT2D eigenvalue weighted by atomic mass is 16.6. The molecule has 9 heteroatoms. The van der Waals surface area contributed by atoms with Gasteiger partial charge in [-0.05, 0) is 17.7 Å². The summed E-state index contributed by atoms with van der Waals surface area (Å²) in [7, 11) is 4.30. The van der Waals surface area contributed by atoms with Gasteiger partial charge in [-0.1, -0.05) is 12.1 Å². The van der Waals surface area contributed by atoms with Crippen LogP contribution >= 0.6 is 0 Å². The van der Waals surface area contributed by atoms with Gasteiger partial charge in [0.2, 0.25) is 11.5 Å². The normalized spacial score (nSPS) is 10.1. The van der Waals surface area contributed by atoms with Gasteiger partial charge >= 0.3 is 5.97 Å². The number of carbonyl (C=O) groups excluding carboxylic acids is 2. The van der Waals surface area contributed by atoms with E-state index in [1.807, 2.05) is 0 Å². The highest BCUT2D eigenvalue weighted by molar-refractivity contribution is 5.99. The number of carbonyl (C=O) groups is 2. The van der Waals surface area contributed by atoms with Crippen LogP contribution in [0.5, 0.6) is 17.2 Å². The number of benzene rings is 2. The molecule has 0 aromatic heterocycles. The number of nitrogens with zero attached hydrogens (tertiary/aromatic N) is 1. The lowest BCUT2D eigenvalue weighted by molar-refractivity contribution is -0.384. The lowest BCUT2D eigenvalue weighted by Crippen LogP contribution is -2.16. The molecule has 0 spiro atoms. The number of nitro groups is 1. The van der Waals surface area contributed by atoms with Crippen LogP contribution < -0.4 is 14.2 Å². The molecular formula is C19H19NO8. The average Bonchev–Trinajstić information content (AvgIpc) is 2.71. The first-order chi connectivity index (χ1) is 13.4. The molecule has 148 valence electrons. The topological polar surface area (TPSA) is 114 Å². The zero-order valence-electron chi connectivity index (χ0n) is 15.6. The lowest BCUT2D eigenvalue weighted by atomic mass is 10.1. The molecule has 0 aliphatic carbocycles. The van der Waals surface area contributed by atoms with Gasteiger partial charge in [-0.25, -0.2) is 0 Å². The predicted molar refractivity (Wildman–Crippen MR) is 98.2 cm³/mol. The highest BCUT2D eigenvalue weighted by Crippen LogP contribution is 2.38. The number of ketones is 1. The number of rotatable bonds is 9. The fourth-order valence-electron chi connectivity index (χ4n) is 2.42. The van der Waals surface area contributed by atoms with Crippen molar-refractivity contribution < 1.29 is 33.5 Å². The molecule has 28 heavy (non-hydrogen) atoms. The first-order valence-corrected chi connectivity index (χ1v) is 8.11. The van der Waals surface area contributed by atoms with Crippen LogP contribution in [0.4, 0.5) is 5.69 Å². The molecule has 0 aliphatic heterocycles. The van der Waals surface area contributed by atoms with Crippen molar-refractivity contribution in [2.75, 3.05) is 27.9 Å². The predicted octanol–water partition coefficient (Wildman–Crippen LogP) is 2.59. The summed E-state index contributed by atoms with van der Waals surface area (Å²) in [4.78, 5) is 34.4. The average molecular weight is 389 g/mol. The van der Waals surface area contributed by atoms with Crippen molar-refractivity contribution in [3.8, 4) is 17.2 Å². The van der Waals surface area contributed by atoms with Crippen molar-refractivity contribution in [3.05, 3.63) is 57.6 Å². The van der Waals surface area contributed by atoms with E-state index in [1.54, 1.807) is 0 Å². The fraction of sp³-hybridized carbons (Fsp3) is 0.263. The second-order valence-corrected chi connectivity index (χ2v) is 5.60. The van der Waals surface area contributed by atoms with E-state index in [4.69, 9.17) is 18.9 Å². The van der Waals surface area contributed by atoms with Crippen LogP contribution in [0.15, 0.2) is 36.4 Å². The molecule has 0 saturated carbocycles. The molecule has 0 heterocycles. The number of hydrogen-bond acceptors (Lipinski definition) is 8. The van der Waals surface area contributed by atoms with Gasteiger partial charge in [0.15, 0.2) is 18.1 Å². The van der Waals surface area contributed by atoms with Crippen molar-refractivity contribution in [3.63, 3.8) is 0 Å². The SMILES string of the molecule is COc1cc(C(=O)COC(=O)Cc2ccc([N+](=O)[O-])cc2)cc(OC)c1OC. The van der Waals surface area contributed by atoms with Gasteiger partial charge in [0, 0.05) is 17.7 Å². The summed E-state index contributed by atoms with van der Waals surface area (Å²) in [5.41, 5.74) is 0.697. The first kappa shape index (κ1) is 20.7. The monoisotopic (exact) mass is 389 g/mol. The summed E-state index contributed by atoms with van der Waals surface area (Å²) in [5.74, 6) is -0.118. The molecule has 2 aromatic carbocycles. The molecule has 0 fully saturated rings. The van der Waals surface area contributed by atoms with Crippen LogP contribution in [0, 0.1) is 10.1 Å². The minimum Gasteiger partial charge on any atom is -0.493 e. The summed E-state index contributed by atoms with van der Waals surface area (Å²) in [6, 6.07) is 8.44. The van der Waals surface area contributed by atoms with Crippen LogP contribution in [0.3, 0.4) is 0 Å². The summed E-state index contributed by atoms with van der Waals surface area (Å²) in [6.07, 6.45) is -0.111. The largest absolute Gasteiger partial charge is 0.493 e. The number of non-ortho nitro benzene ring substituents is 1. The zero-order chi connectivity index (χ0) is 20.7. The molecule has 0 radical (unpaired) electrons. The highest BCUT2D eigenvalue weighted by Gasteiger charge is 2.18. The van der Waals surface area contributed by atoms with E-state index in [0.29, 0.717) is 22.8 Å². The molecule has 0 unspecified atom stereocenters. The Morgan fingerprint density at radius 2 is 1.54 bits per heavy atom. The van der Waals surface area contributed by atoms with Gasteiger partial charge in [0.25, 0.3) is 5.69 Å². The third-order valence-electron chi connectivity index (χ3n) is 3.85. The molecule has 0 N–H and O–H groups in total. The van der Waals surface area contributed by atoms with Crippen LogP contribution in [0.25, 0.3) is 0 Å². The Morgan fingerprint density at radius 3 is 2.00 bits per heavy atom. The van der Waals surface area contributed by atoms with Crippen LogP contribution in [0.1, 0.15) is 15.9 Å². The maximum absolute atomic E-state index is 12.4. The van der Waals surface area contributed by atoms with Crippen LogP contribution in [0.2, 0.25) is 0 Å². The third-order valence-corrected chi connectivity index (χ3v) is 3.85. The molecule has 2 aromatic rings. The Morgan fingerprint density at radius 1 is 0.964 bits per heavy atom. The number of Topliss-reactive ketones (excluding diaryl/α,β-unsaturated/α-hetero) is 1. The van der Waals surface area contributed by atoms with Crippen molar-refractivity contribution in [1.29, 1.82) is 0 Å². The molecule has 0 amide bonds. The summed E-state index contributed by atoms with van der Waals surface area (Å²) < 4.78 is 20.6. The number of ether oxygens (including phenoxy) is 4. The van der Waals surface area contributed by atoms with Gasteiger partial charge in [0.05, 0.1) is 32.7 Å². The minimum absolute atomic E-state index is 0.0744. The van der Waals surface area contributed by atoms with E-state index in [9.17, 15) is 19.7 Å². The fourth-order valence-corrected chi connectivity index (χ4v) is 2.42. The number of methoxy groups -OCH3 is 3. The molecule has 0 saturated heterocycles. The van der Waals surface area contributed by atoms with E-state index in [2.05, 4.69) is 0 Å². The summed E-state index contributed by atoms with van der Waals surface area (Å²) >= 11 is 0.